The second kappa shape index (κ2) is 7.07. The molecule has 1 saturated heterocycles. The van der Waals surface area contributed by atoms with Crippen LogP contribution in [0.4, 0.5) is 0 Å². The molecule has 1 aromatic heterocycles. The van der Waals surface area contributed by atoms with Gasteiger partial charge in [0.15, 0.2) is 0 Å². The maximum absolute atomic E-state index is 12.7. The fourth-order valence-corrected chi connectivity index (χ4v) is 6.73. The van der Waals surface area contributed by atoms with E-state index in [1.165, 1.54) is 22.8 Å². The number of rotatable bonds is 5. The van der Waals surface area contributed by atoms with E-state index in [1.807, 2.05) is 0 Å². The number of piperidine rings is 1. The molecule has 0 aromatic carbocycles. The highest BCUT2D eigenvalue weighted by atomic mass is 32.2. The molecular weight excluding hydrogens is 350 g/mol. The summed E-state index contributed by atoms with van der Waals surface area (Å²) in [6.45, 7) is 0.339. The van der Waals surface area contributed by atoms with Crippen LogP contribution >= 0.6 is 0 Å². The van der Waals surface area contributed by atoms with Crippen LogP contribution in [0.15, 0.2) is 29.4 Å². The highest BCUT2D eigenvalue weighted by molar-refractivity contribution is 7.90. The van der Waals surface area contributed by atoms with Gasteiger partial charge in [0.25, 0.3) is 0 Å². The highest BCUT2D eigenvalue weighted by Crippen LogP contribution is 2.25. The predicted octanol–water partition coefficient (Wildman–Crippen LogP) is 1.10. The summed E-state index contributed by atoms with van der Waals surface area (Å²) in [5.74, 6) is 0. The molecule has 1 aromatic rings. The van der Waals surface area contributed by atoms with E-state index >= 15 is 0 Å². The lowest BCUT2D eigenvalue weighted by molar-refractivity contribution is 0.343. The smallest absolute Gasteiger partial charge is 0.244 e. The van der Waals surface area contributed by atoms with Crippen LogP contribution in [0.2, 0.25) is 0 Å². The van der Waals surface area contributed by atoms with Gasteiger partial charge in [-0.05, 0) is 37.8 Å². The Balaban J connectivity index is 1.74. The molecule has 2 heterocycles. The number of nitrogens with zero attached hydrogens (tertiary/aromatic N) is 2. The summed E-state index contributed by atoms with van der Waals surface area (Å²) in [6.07, 6.45) is 7.64. The SMILES string of the molecule is O=S(=O)(NC1CCCC1)C1CCCN(S(=O)(=O)c2cccnc2)C1. The number of sulfonamides is 2. The number of nitrogens with one attached hydrogen (secondary N) is 1. The van der Waals surface area contributed by atoms with Gasteiger partial charge in [0, 0.05) is 31.5 Å². The number of aromatic nitrogens is 1. The van der Waals surface area contributed by atoms with Crippen molar-refractivity contribution >= 4 is 20.0 Å². The van der Waals surface area contributed by atoms with E-state index in [1.54, 1.807) is 6.07 Å². The molecule has 0 spiro atoms. The molecular formula is C15H23N3O4S2. The van der Waals surface area contributed by atoms with Gasteiger partial charge >= 0.3 is 0 Å². The van der Waals surface area contributed by atoms with Crippen LogP contribution in [-0.2, 0) is 20.0 Å². The minimum Gasteiger partial charge on any atom is -0.263 e. The van der Waals surface area contributed by atoms with Gasteiger partial charge in [-0.1, -0.05) is 12.8 Å². The first-order valence-corrected chi connectivity index (χ1v) is 11.3. The first-order valence-electron chi connectivity index (χ1n) is 8.31. The van der Waals surface area contributed by atoms with Crippen LogP contribution < -0.4 is 4.72 Å². The van der Waals surface area contributed by atoms with Crippen molar-refractivity contribution in [3.8, 4) is 0 Å². The van der Waals surface area contributed by atoms with Gasteiger partial charge in [0.2, 0.25) is 20.0 Å². The normalized spacial score (nSPS) is 24.2. The summed E-state index contributed by atoms with van der Waals surface area (Å²) >= 11 is 0. The Labute approximate surface area is 143 Å². The van der Waals surface area contributed by atoms with Crippen molar-refractivity contribution in [2.45, 2.75) is 54.7 Å². The van der Waals surface area contributed by atoms with Gasteiger partial charge in [0.05, 0.1) is 5.25 Å². The second-order valence-corrected chi connectivity index (χ2v) is 10.4. The Bertz CT molecular complexity index is 759. The van der Waals surface area contributed by atoms with Crippen LogP contribution in [-0.4, -0.2) is 50.5 Å². The van der Waals surface area contributed by atoms with E-state index in [-0.39, 0.29) is 17.5 Å². The van der Waals surface area contributed by atoms with Gasteiger partial charge < -0.3 is 0 Å². The third kappa shape index (κ3) is 3.79. The molecule has 0 bridgehead atoms. The third-order valence-electron chi connectivity index (χ3n) is 4.74. The van der Waals surface area contributed by atoms with E-state index in [0.29, 0.717) is 19.4 Å². The Morgan fingerprint density at radius 1 is 1.08 bits per heavy atom. The van der Waals surface area contributed by atoms with Crippen molar-refractivity contribution in [1.29, 1.82) is 0 Å². The molecule has 2 fully saturated rings. The first kappa shape index (κ1) is 17.8. The number of hydrogen-bond donors (Lipinski definition) is 1. The highest BCUT2D eigenvalue weighted by Gasteiger charge is 2.37. The quantitative estimate of drug-likeness (QED) is 0.834. The Morgan fingerprint density at radius 3 is 2.50 bits per heavy atom. The number of hydrogen-bond acceptors (Lipinski definition) is 5. The van der Waals surface area contributed by atoms with Crippen LogP contribution in [0.1, 0.15) is 38.5 Å². The van der Waals surface area contributed by atoms with Crippen molar-refractivity contribution in [3.63, 3.8) is 0 Å². The monoisotopic (exact) mass is 373 g/mol. The third-order valence-corrected chi connectivity index (χ3v) is 8.51. The van der Waals surface area contributed by atoms with Crippen LogP contribution in [0.3, 0.4) is 0 Å². The Kier molecular flexibility index (Phi) is 5.24. The van der Waals surface area contributed by atoms with E-state index < -0.39 is 25.3 Å². The molecule has 134 valence electrons. The molecule has 1 saturated carbocycles. The van der Waals surface area contributed by atoms with Crippen molar-refractivity contribution in [3.05, 3.63) is 24.5 Å². The average Bonchev–Trinajstić information content (AvgIpc) is 3.08. The summed E-state index contributed by atoms with van der Waals surface area (Å²) in [5, 5.41) is -0.696. The molecule has 1 N–H and O–H groups in total. The lowest BCUT2D eigenvalue weighted by atomic mass is 10.2. The molecule has 3 rings (SSSR count). The summed E-state index contributed by atoms with van der Waals surface area (Å²) in [5.41, 5.74) is 0. The maximum atomic E-state index is 12.7. The zero-order valence-corrected chi connectivity index (χ0v) is 15.1. The standard InChI is InChI=1S/C15H23N3O4S2/c19-23(20,17-13-5-1-2-6-13)15-8-4-10-18(12-15)24(21,22)14-7-3-9-16-11-14/h3,7,9,11,13,15,17H,1-2,4-6,8,10,12H2. The van der Waals surface area contributed by atoms with Crippen LogP contribution in [0.5, 0.6) is 0 Å². The largest absolute Gasteiger partial charge is 0.263 e. The van der Waals surface area contributed by atoms with Crippen molar-refractivity contribution in [2.24, 2.45) is 0 Å². The minimum atomic E-state index is -3.70. The average molecular weight is 374 g/mol. The molecule has 1 unspecified atom stereocenters. The molecule has 1 atom stereocenters. The summed E-state index contributed by atoms with van der Waals surface area (Å²) < 4.78 is 54.6. The minimum absolute atomic E-state index is 0.000284. The van der Waals surface area contributed by atoms with E-state index in [2.05, 4.69) is 9.71 Å². The van der Waals surface area contributed by atoms with E-state index in [0.717, 1.165) is 25.7 Å². The zero-order chi connectivity index (χ0) is 17.2. The maximum Gasteiger partial charge on any atom is 0.244 e. The molecule has 1 aliphatic carbocycles. The summed E-state index contributed by atoms with van der Waals surface area (Å²) in [4.78, 5) is 3.95. The summed E-state index contributed by atoms with van der Waals surface area (Å²) in [7, 11) is -7.22. The zero-order valence-electron chi connectivity index (χ0n) is 13.5. The molecule has 9 heteroatoms. The topological polar surface area (TPSA) is 96.4 Å². The van der Waals surface area contributed by atoms with Crippen molar-refractivity contribution < 1.29 is 16.8 Å². The molecule has 2 aliphatic rings. The fraction of sp³-hybridized carbons (Fsp3) is 0.667. The number of pyridine rings is 1. The first-order chi connectivity index (χ1) is 11.4. The Hall–Kier alpha value is -1.03. The van der Waals surface area contributed by atoms with Gasteiger partial charge in [-0.3, -0.25) is 4.98 Å². The Morgan fingerprint density at radius 2 is 1.83 bits per heavy atom. The van der Waals surface area contributed by atoms with Gasteiger partial charge in [-0.25, -0.2) is 21.6 Å². The molecule has 7 nitrogen and oxygen atoms in total. The van der Waals surface area contributed by atoms with E-state index in [9.17, 15) is 16.8 Å². The molecule has 24 heavy (non-hydrogen) atoms. The van der Waals surface area contributed by atoms with Crippen molar-refractivity contribution in [2.75, 3.05) is 13.1 Å². The summed E-state index contributed by atoms with van der Waals surface area (Å²) in [6, 6.07) is 3.05. The fourth-order valence-electron chi connectivity index (χ4n) is 3.40. The molecule has 1 aliphatic heterocycles. The van der Waals surface area contributed by atoms with Gasteiger partial charge in [-0.2, -0.15) is 4.31 Å². The predicted molar refractivity (Wildman–Crippen MR) is 90.3 cm³/mol. The molecule has 0 amide bonds. The van der Waals surface area contributed by atoms with E-state index in [4.69, 9.17) is 0 Å². The van der Waals surface area contributed by atoms with Crippen LogP contribution in [0.25, 0.3) is 0 Å². The van der Waals surface area contributed by atoms with Gasteiger partial charge in [-0.15, -0.1) is 0 Å². The lowest BCUT2D eigenvalue weighted by Gasteiger charge is -2.32. The molecule has 0 radical (unpaired) electrons. The van der Waals surface area contributed by atoms with Gasteiger partial charge in [0.1, 0.15) is 4.90 Å². The second-order valence-electron chi connectivity index (χ2n) is 6.46. The van der Waals surface area contributed by atoms with Crippen molar-refractivity contribution in [1.82, 2.24) is 14.0 Å². The van der Waals surface area contributed by atoms with Crippen LogP contribution in [0, 0.1) is 0 Å². The lowest BCUT2D eigenvalue weighted by Crippen LogP contribution is -2.49.